The Bertz CT molecular complexity index is 451. The second-order valence-electron chi connectivity index (χ2n) is 2.49. The Balaban J connectivity index is 2.61. The molecule has 0 atom stereocenters. The summed E-state index contributed by atoms with van der Waals surface area (Å²) in [6.07, 6.45) is -0.872. The summed E-state index contributed by atoms with van der Waals surface area (Å²) < 4.78 is 12.0. The molecule has 0 spiro atoms. The Labute approximate surface area is 116 Å². The number of rotatable bonds is 2. The van der Waals surface area contributed by atoms with Crippen LogP contribution < -0.4 is 4.74 Å². The van der Waals surface area contributed by atoms with Crippen LogP contribution >= 0.6 is 45.8 Å². The van der Waals surface area contributed by atoms with Crippen molar-refractivity contribution in [1.82, 2.24) is 0 Å². The van der Waals surface area contributed by atoms with Gasteiger partial charge in [0.05, 0.1) is 5.02 Å². The van der Waals surface area contributed by atoms with Gasteiger partial charge in [0.2, 0.25) is 0 Å². The number of benzene rings is 1. The van der Waals surface area contributed by atoms with Gasteiger partial charge in [-0.25, -0.2) is 4.79 Å². The van der Waals surface area contributed by atoms with E-state index in [0.717, 1.165) is 0 Å². The summed E-state index contributed by atoms with van der Waals surface area (Å²) in [6.45, 7) is -0.0278. The molecule has 0 aliphatic heterocycles. The molecular formula is C10H5Cl2IO3. The van der Waals surface area contributed by atoms with Crippen molar-refractivity contribution < 1.29 is 14.3 Å². The number of hydrogen-bond acceptors (Lipinski definition) is 3. The Morgan fingerprint density at radius 3 is 2.88 bits per heavy atom. The lowest BCUT2D eigenvalue weighted by molar-refractivity contribution is 0.111. The molecule has 0 bridgehead atoms. The Morgan fingerprint density at radius 1 is 1.44 bits per heavy atom. The van der Waals surface area contributed by atoms with Crippen molar-refractivity contribution in [2.75, 3.05) is 6.61 Å². The molecule has 1 aromatic carbocycles. The molecule has 84 valence electrons. The largest absolute Gasteiger partial charge is 0.514 e. The maximum absolute atomic E-state index is 11.1. The average Bonchev–Trinajstić information content (AvgIpc) is 2.24. The quantitative estimate of drug-likeness (QED) is 0.343. The number of carbonyl (C=O) groups excluding carboxylic acids is 1. The normalized spacial score (nSPS) is 8.94. The summed E-state index contributed by atoms with van der Waals surface area (Å²) >= 11 is 13.3. The SMILES string of the molecule is O=C(OCC#CI)Oc1cc(Cl)ccc1Cl. The van der Waals surface area contributed by atoms with Crippen LogP contribution in [0.1, 0.15) is 0 Å². The fraction of sp³-hybridized carbons (Fsp3) is 0.100. The highest BCUT2D eigenvalue weighted by atomic mass is 127. The summed E-state index contributed by atoms with van der Waals surface area (Å²) in [6, 6.07) is 4.54. The van der Waals surface area contributed by atoms with Gasteiger partial charge in [-0.1, -0.05) is 29.1 Å². The molecule has 1 aromatic rings. The number of ether oxygens (including phenoxy) is 2. The smallest absolute Gasteiger partial charge is 0.421 e. The molecule has 1 rings (SSSR count). The zero-order chi connectivity index (χ0) is 12.0. The molecule has 16 heavy (non-hydrogen) atoms. The Hall–Kier alpha value is -0.640. The van der Waals surface area contributed by atoms with E-state index in [0.29, 0.717) is 5.02 Å². The third kappa shape index (κ3) is 4.47. The van der Waals surface area contributed by atoms with E-state index in [4.69, 9.17) is 27.9 Å². The van der Waals surface area contributed by atoms with E-state index in [2.05, 4.69) is 14.6 Å². The van der Waals surface area contributed by atoms with Crippen LogP contribution in [0.2, 0.25) is 10.0 Å². The predicted octanol–water partition coefficient (Wildman–Crippen LogP) is 3.90. The highest BCUT2D eigenvalue weighted by molar-refractivity contribution is 14.1. The van der Waals surface area contributed by atoms with Gasteiger partial charge in [0.25, 0.3) is 0 Å². The number of carbonyl (C=O) groups is 1. The summed E-state index contributed by atoms with van der Waals surface area (Å²) in [5.74, 6) is 2.70. The monoisotopic (exact) mass is 370 g/mol. The fourth-order valence-electron chi connectivity index (χ4n) is 0.797. The van der Waals surface area contributed by atoms with Crippen LogP contribution in [0.25, 0.3) is 0 Å². The van der Waals surface area contributed by atoms with Crippen molar-refractivity contribution in [3.63, 3.8) is 0 Å². The maximum atomic E-state index is 11.1. The van der Waals surface area contributed by atoms with Crippen molar-refractivity contribution >= 4 is 51.9 Å². The third-order valence-electron chi connectivity index (χ3n) is 1.42. The van der Waals surface area contributed by atoms with Gasteiger partial charge < -0.3 is 9.47 Å². The second kappa shape index (κ2) is 6.84. The highest BCUT2D eigenvalue weighted by Gasteiger charge is 2.09. The van der Waals surface area contributed by atoms with E-state index >= 15 is 0 Å². The minimum absolute atomic E-state index is 0.0278. The first-order chi connectivity index (χ1) is 7.63. The van der Waals surface area contributed by atoms with E-state index in [-0.39, 0.29) is 17.4 Å². The summed E-state index contributed by atoms with van der Waals surface area (Å²) in [7, 11) is 0. The van der Waals surface area contributed by atoms with Crippen LogP contribution in [0.15, 0.2) is 18.2 Å². The molecule has 0 aliphatic carbocycles. The first-order valence-electron chi connectivity index (χ1n) is 4.01. The molecule has 0 N–H and O–H groups in total. The molecule has 0 heterocycles. The van der Waals surface area contributed by atoms with Crippen LogP contribution in [0, 0.1) is 9.85 Å². The predicted molar refractivity (Wildman–Crippen MR) is 70.2 cm³/mol. The number of hydrogen-bond donors (Lipinski definition) is 0. The third-order valence-corrected chi connectivity index (χ3v) is 2.34. The topological polar surface area (TPSA) is 35.5 Å². The molecule has 0 aromatic heterocycles. The molecule has 3 nitrogen and oxygen atoms in total. The van der Waals surface area contributed by atoms with E-state index in [1.165, 1.54) is 12.1 Å². The Morgan fingerprint density at radius 2 is 2.19 bits per heavy atom. The average molecular weight is 371 g/mol. The van der Waals surface area contributed by atoms with Crippen LogP contribution in [-0.4, -0.2) is 12.8 Å². The van der Waals surface area contributed by atoms with Gasteiger partial charge in [0, 0.05) is 33.7 Å². The lowest BCUT2D eigenvalue weighted by atomic mass is 10.3. The van der Waals surface area contributed by atoms with E-state index in [9.17, 15) is 4.79 Å². The zero-order valence-corrected chi connectivity index (χ0v) is 11.5. The van der Waals surface area contributed by atoms with Crippen molar-refractivity contribution in [3.8, 4) is 15.6 Å². The number of halogens is 3. The van der Waals surface area contributed by atoms with Crippen LogP contribution in [0.3, 0.4) is 0 Å². The molecule has 0 amide bonds. The molecule has 6 heteroatoms. The van der Waals surface area contributed by atoms with Gasteiger partial charge >= 0.3 is 6.16 Å². The van der Waals surface area contributed by atoms with Crippen molar-refractivity contribution in [3.05, 3.63) is 28.2 Å². The lowest BCUT2D eigenvalue weighted by Crippen LogP contribution is -2.10. The molecule has 0 saturated carbocycles. The molecular weight excluding hydrogens is 366 g/mol. The summed E-state index contributed by atoms with van der Waals surface area (Å²) in [5, 5.41) is 0.695. The standard InChI is InChI=1S/C10H5Cl2IO3/c11-7-2-3-8(12)9(6-7)16-10(14)15-5-1-4-13/h2-3,6H,5H2. The van der Waals surface area contributed by atoms with E-state index in [1.54, 1.807) is 6.07 Å². The fourth-order valence-corrected chi connectivity index (χ4v) is 1.27. The highest BCUT2D eigenvalue weighted by Crippen LogP contribution is 2.27. The van der Waals surface area contributed by atoms with Crippen LogP contribution in [0.5, 0.6) is 5.75 Å². The van der Waals surface area contributed by atoms with Gasteiger partial charge in [0.1, 0.15) is 0 Å². The molecule has 0 aliphatic rings. The molecule has 0 saturated heterocycles. The van der Waals surface area contributed by atoms with Crippen LogP contribution in [-0.2, 0) is 4.74 Å². The minimum Gasteiger partial charge on any atom is -0.421 e. The summed E-state index contributed by atoms with van der Waals surface area (Å²) in [4.78, 5) is 11.1. The first-order valence-corrected chi connectivity index (χ1v) is 5.85. The first kappa shape index (κ1) is 13.4. The lowest BCUT2D eigenvalue weighted by Gasteiger charge is -2.05. The van der Waals surface area contributed by atoms with Gasteiger partial charge in [-0.3, -0.25) is 0 Å². The maximum Gasteiger partial charge on any atom is 0.514 e. The van der Waals surface area contributed by atoms with Crippen LogP contribution in [0.4, 0.5) is 4.79 Å². The van der Waals surface area contributed by atoms with Crippen molar-refractivity contribution in [2.24, 2.45) is 0 Å². The molecule has 0 fully saturated rings. The minimum atomic E-state index is -0.872. The molecule has 0 radical (unpaired) electrons. The van der Waals surface area contributed by atoms with E-state index < -0.39 is 6.16 Å². The Kier molecular flexibility index (Phi) is 5.74. The second-order valence-corrected chi connectivity index (χ2v) is 3.87. The van der Waals surface area contributed by atoms with Crippen molar-refractivity contribution in [2.45, 2.75) is 0 Å². The zero-order valence-electron chi connectivity index (χ0n) is 7.80. The van der Waals surface area contributed by atoms with E-state index in [1.807, 2.05) is 22.6 Å². The van der Waals surface area contributed by atoms with Gasteiger partial charge in [-0.15, -0.1) is 0 Å². The molecule has 0 unspecified atom stereocenters. The van der Waals surface area contributed by atoms with Gasteiger partial charge in [-0.2, -0.15) is 0 Å². The summed E-state index contributed by atoms with van der Waals surface area (Å²) in [5.41, 5.74) is 0. The van der Waals surface area contributed by atoms with Gasteiger partial charge in [0.15, 0.2) is 12.4 Å². The van der Waals surface area contributed by atoms with Crippen molar-refractivity contribution in [1.29, 1.82) is 0 Å². The van der Waals surface area contributed by atoms with Gasteiger partial charge in [-0.05, 0) is 16.1 Å².